The van der Waals surface area contributed by atoms with Gasteiger partial charge in [-0.1, -0.05) is 30.3 Å². The quantitative estimate of drug-likeness (QED) is 0.784. The van der Waals surface area contributed by atoms with Gasteiger partial charge in [-0.25, -0.2) is 9.97 Å². The number of para-hydroxylation sites is 3. The van der Waals surface area contributed by atoms with Crippen molar-refractivity contribution in [3.05, 3.63) is 72.2 Å². The van der Waals surface area contributed by atoms with Crippen LogP contribution < -0.4 is 15.0 Å². The summed E-state index contributed by atoms with van der Waals surface area (Å²) in [4.78, 5) is 23.3. The van der Waals surface area contributed by atoms with E-state index in [-0.39, 0.29) is 11.6 Å². The highest BCUT2D eigenvalue weighted by molar-refractivity contribution is 6.03. The number of anilines is 3. The van der Waals surface area contributed by atoms with E-state index in [1.807, 2.05) is 24.3 Å². The van der Waals surface area contributed by atoms with Crippen LogP contribution >= 0.6 is 0 Å². The maximum atomic E-state index is 12.4. The SMILES string of the molecule is COc1ccccc1NC(=O)c1cnc(N2CCc3ccccc32)cn1. The molecule has 0 aliphatic carbocycles. The first-order valence-corrected chi connectivity index (χ1v) is 8.38. The normalized spacial score (nSPS) is 12.6. The van der Waals surface area contributed by atoms with Gasteiger partial charge in [-0.2, -0.15) is 0 Å². The largest absolute Gasteiger partial charge is 0.495 e. The molecule has 2 heterocycles. The van der Waals surface area contributed by atoms with Gasteiger partial charge in [-0.15, -0.1) is 0 Å². The number of carbonyl (C=O) groups excluding carboxylic acids is 1. The zero-order valence-corrected chi connectivity index (χ0v) is 14.3. The second-order valence-corrected chi connectivity index (χ2v) is 5.94. The van der Waals surface area contributed by atoms with Crippen molar-refractivity contribution in [1.29, 1.82) is 0 Å². The van der Waals surface area contributed by atoms with Gasteiger partial charge in [0.25, 0.3) is 5.91 Å². The average Bonchev–Trinajstić information content (AvgIpc) is 3.12. The number of benzene rings is 2. The van der Waals surface area contributed by atoms with Gasteiger partial charge in [0.1, 0.15) is 11.4 Å². The first kappa shape index (κ1) is 16.1. The van der Waals surface area contributed by atoms with Crippen LogP contribution in [0.5, 0.6) is 5.75 Å². The van der Waals surface area contributed by atoms with Crippen molar-refractivity contribution in [3.63, 3.8) is 0 Å². The van der Waals surface area contributed by atoms with E-state index in [1.54, 1.807) is 25.4 Å². The molecule has 0 radical (unpaired) electrons. The van der Waals surface area contributed by atoms with Gasteiger partial charge >= 0.3 is 0 Å². The van der Waals surface area contributed by atoms with Gasteiger partial charge in [-0.05, 0) is 30.2 Å². The molecule has 2 aromatic carbocycles. The molecule has 0 saturated heterocycles. The molecule has 1 N–H and O–H groups in total. The minimum absolute atomic E-state index is 0.257. The van der Waals surface area contributed by atoms with E-state index in [0.29, 0.717) is 11.4 Å². The highest BCUT2D eigenvalue weighted by Gasteiger charge is 2.21. The summed E-state index contributed by atoms with van der Waals surface area (Å²) in [5.41, 5.74) is 3.30. The number of amides is 1. The molecule has 1 aliphatic heterocycles. The van der Waals surface area contributed by atoms with Crippen molar-refractivity contribution in [2.24, 2.45) is 0 Å². The minimum Gasteiger partial charge on any atom is -0.495 e. The highest BCUT2D eigenvalue weighted by atomic mass is 16.5. The van der Waals surface area contributed by atoms with Crippen LogP contribution in [0.4, 0.5) is 17.2 Å². The van der Waals surface area contributed by atoms with Crippen LogP contribution in [0.1, 0.15) is 16.1 Å². The third-order valence-corrected chi connectivity index (χ3v) is 4.39. The summed E-state index contributed by atoms with van der Waals surface area (Å²) in [6.07, 6.45) is 4.12. The maximum absolute atomic E-state index is 12.4. The third kappa shape index (κ3) is 2.97. The van der Waals surface area contributed by atoms with Gasteiger partial charge < -0.3 is 15.0 Å². The molecule has 26 heavy (non-hydrogen) atoms. The van der Waals surface area contributed by atoms with E-state index in [0.717, 1.165) is 24.5 Å². The zero-order chi connectivity index (χ0) is 17.9. The number of ether oxygens (including phenoxy) is 1. The number of fused-ring (bicyclic) bond motifs is 1. The standard InChI is InChI=1S/C20H18N4O2/c1-26-18-9-5-3-7-15(18)23-20(25)16-12-22-19(13-21-16)24-11-10-14-6-2-4-8-17(14)24/h2-9,12-13H,10-11H2,1H3,(H,23,25). The summed E-state index contributed by atoms with van der Waals surface area (Å²) in [6.45, 7) is 0.862. The van der Waals surface area contributed by atoms with E-state index >= 15 is 0 Å². The molecule has 3 aromatic rings. The number of rotatable bonds is 4. The van der Waals surface area contributed by atoms with Crippen molar-refractivity contribution in [1.82, 2.24) is 9.97 Å². The number of carbonyl (C=O) groups is 1. The van der Waals surface area contributed by atoms with Crippen molar-refractivity contribution < 1.29 is 9.53 Å². The summed E-state index contributed by atoms with van der Waals surface area (Å²) >= 11 is 0. The molecule has 130 valence electrons. The predicted molar refractivity (Wildman–Crippen MR) is 100 cm³/mol. The van der Waals surface area contributed by atoms with Crippen LogP contribution in [0, 0.1) is 0 Å². The molecule has 1 aromatic heterocycles. The number of methoxy groups -OCH3 is 1. The molecule has 0 bridgehead atoms. The van der Waals surface area contributed by atoms with E-state index < -0.39 is 0 Å². The fourth-order valence-electron chi connectivity index (χ4n) is 3.09. The van der Waals surface area contributed by atoms with Gasteiger partial charge in [0.2, 0.25) is 0 Å². The number of nitrogens with zero attached hydrogens (tertiary/aromatic N) is 3. The van der Waals surface area contributed by atoms with Crippen LogP contribution in [-0.2, 0) is 6.42 Å². The Bertz CT molecular complexity index is 941. The Kier molecular flexibility index (Phi) is 4.23. The van der Waals surface area contributed by atoms with Crippen LogP contribution in [0.2, 0.25) is 0 Å². The van der Waals surface area contributed by atoms with Crippen LogP contribution in [-0.4, -0.2) is 29.5 Å². The van der Waals surface area contributed by atoms with Gasteiger partial charge in [0.15, 0.2) is 5.82 Å². The topological polar surface area (TPSA) is 67.3 Å². The Labute approximate surface area is 151 Å². The van der Waals surface area contributed by atoms with Crippen molar-refractivity contribution in [2.45, 2.75) is 6.42 Å². The van der Waals surface area contributed by atoms with Crippen molar-refractivity contribution in [3.8, 4) is 5.75 Å². The number of hydrogen-bond acceptors (Lipinski definition) is 5. The van der Waals surface area contributed by atoms with E-state index in [1.165, 1.54) is 11.8 Å². The second-order valence-electron chi connectivity index (χ2n) is 5.94. The molecule has 0 fully saturated rings. The van der Waals surface area contributed by atoms with Crippen molar-refractivity contribution >= 4 is 23.1 Å². The summed E-state index contributed by atoms with van der Waals surface area (Å²) in [5.74, 6) is 1.01. The molecule has 0 atom stereocenters. The lowest BCUT2D eigenvalue weighted by molar-refractivity contribution is 0.102. The summed E-state index contributed by atoms with van der Waals surface area (Å²) in [7, 11) is 1.56. The van der Waals surface area contributed by atoms with Gasteiger partial charge in [0, 0.05) is 12.2 Å². The van der Waals surface area contributed by atoms with E-state index in [4.69, 9.17) is 4.74 Å². The van der Waals surface area contributed by atoms with Gasteiger partial charge in [-0.3, -0.25) is 4.79 Å². The zero-order valence-electron chi connectivity index (χ0n) is 14.3. The first-order chi connectivity index (χ1) is 12.8. The second kappa shape index (κ2) is 6.84. The summed E-state index contributed by atoms with van der Waals surface area (Å²) < 4.78 is 5.24. The maximum Gasteiger partial charge on any atom is 0.275 e. The minimum atomic E-state index is -0.324. The highest BCUT2D eigenvalue weighted by Crippen LogP contribution is 2.32. The molecule has 6 nitrogen and oxygen atoms in total. The Balaban J connectivity index is 1.52. The molecule has 6 heteroatoms. The van der Waals surface area contributed by atoms with Crippen molar-refractivity contribution in [2.75, 3.05) is 23.9 Å². The Hall–Kier alpha value is -3.41. The summed E-state index contributed by atoms with van der Waals surface area (Å²) in [5, 5.41) is 2.80. The molecular weight excluding hydrogens is 328 g/mol. The average molecular weight is 346 g/mol. The number of nitrogens with one attached hydrogen (secondary N) is 1. The lowest BCUT2D eigenvalue weighted by Crippen LogP contribution is -2.18. The Morgan fingerprint density at radius 1 is 1.08 bits per heavy atom. The van der Waals surface area contributed by atoms with Crippen LogP contribution in [0.15, 0.2) is 60.9 Å². The molecule has 4 rings (SSSR count). The van der Waals surface area contributed by atoms with E-state index in [2.05, 4.69) is 32.3 Å². The smallest absolute Gasteiger partial charge is 0.275 e. The number of hydrogen-bond donors (Lipinski definition) is 1. The van der Waals surface area contributed by atoms with Gasteiger partial charge in [0.05, 0.1) is 25.2 Å². The summed E-state index contributed by atoms with van der Waals surface area (Å²) in [6, 6.07) is 15.5. The number of aromatic nitrogens is 2. The third-order valence-electron chi connectivity index (χ3n) is 4.39. The molecule has 1 aliphatic rings. The molecule has 0 saturated carbocycles. The van der Waals surface area contributed by atoms with Crippen LogP contribution in [0.25, 0.3) is 0 Å². The lowest BCUT2D eigenvalue weighted by Gasteiger charge is -2.17. The Morgan fingerprint density at radius 2 is 1.88 bits per heavy atom. The first-order valence-electron chi connectivity index (χ1n) is 8.38. The molecule has 1 amide bonds. The van der Waals surface area contributed by atoms with E-state index in [9.17, 15) is 4.79 Å². The monoisotopic (exact) mass is 346 g/mol. The fourth-order valence-corrected chi connectivity index (χ4v) is 3.09. The molecular formula is C20H18N4O2. The Morgan fingerprint density at radius 3 is 2.69 bits per heavy atom. The fraction of sp³-hybridized carbons (Fsp3) is 0.150. The lowest BCUT2D eigenvalue weighted by atomic mass is 10.2. The predicted octanol–water partition coefficient (Wildman–Crippen LogP) is 3.43. The molecule has 0 unspecified atom stereocenters. The molecule has 0 spiro atoms. The van der Waals surface area contributed by atoms with Crippen LogP contribution in [0.3, 0.4) is 0 Å².